The highest BCUT2D eigenvalue weighted by molar-refractivity contribution is 9.10. The average Bonchev–Trinajstić information content (AvgIpc) is 3.20. The van der Waals surface area contributed by atoms with Crippen LogP contribution in [0.4, 0.5) is 4.39 Å². The van der Waals surface area contributed by atoms with Gasteiger partial charge < -0.3 is 4.90 Å². The van der Waals surface area contributed by atoms with Crippen molar-refractivity contribution < 1.29 is 9.18 Å². The predicted molar refractivity (Wildman–Crippen MR) is 73.0 cm³/mol. The molecule has 1 aromatic carbocycles. The summed E-state index contributed by atoms with van der Waals surface area (Å²) in [5.41, 5.74) is 0.591. The molecule has 2 nitrogen and oxygen atoms in total. The van der Waals surface area contributed by atoms with E-state index in [4.69, 9.17) is 0 Å². The molecule has 0 aliphatic heterocycles. The Kier molecular flexibility index (Phi) is 4.38. The second-order valence-electron chi connectivity index (χ2n) is 4.66. The molecule has 1 aromatic rings. The van der Waals surface area contributed by atoms with Crippen LogP contribution >= 0.6 is 15.9 Å². The fraction of sp³-hybridized carbons (Fsp3) is 0.500. The highest BCUT2D eigenvalue weighted by Crippen LogP contribution is 2.30. The molecule has 1 amide bonds. The van der Waals surface area contributed by atoms with Gasteiger partial charge in [-0.05, 0) is 25.3 Å². The van der Waals surface area contributed by atoms with E-state index < -0.39 is 0 Å². The van der Waals surface area contributed by atoms with Gasteiger partial charge in [0.05, 0.1) is 4.83 Å². The van der Waals surface area contributed by atoms with Crippen LogP contribution in [0.2, 0.25) is 0 Å². The maximum absolute atomic E-state index is 13.6. The second kappa shape index (κ2) is 5.83. The van der Waals surface area contributed by atoms with Crippen molar-refractivity contribution in [3.63, 3.8) is 0 Å². The van der Waals surface area contributed by atoms with Crippen molar-refractivity contribution in [3.8, 4) is 0 Å². The summed E-state index contributed by atoms with van der Waals surface area (Å²) in [6.45, 7) is 2.34. The van der Waals surface area contributed by atoms with Crippen LogP contribution < -0.4 is 0 Å². The molecule has 2 rings (SSSR count). The summed E-state index contributed by atoms with van der Waals surface area (Å²) in [5.74, 6) is -0.165. The van der Waals surface area contributed by atoms with Gasteiger partial charge in [-0.25, -0.2) is 4.39 Å². The third-order valence-electron chi connectivity index (χ3n) is 3.20. The summed E-state index contributed by atoms with van der Waals surface area (Å²) in [6.07, 6.45) is 2.81. The molecular formula is C14H17BrFNO. The number of benzene rings is 1. The maximum atomic E-state index is 13.6. The van der Waals surface area contributed by atoms with E-state index in [9.17, 15) is 9.18 Å². The molecule has 0 N–H and O–H groups in total. The summed E-state index contributed by atoms with van der Waals surface area (Å²) in [4.78, 5) is 13.9. The number of amides is 1. The third-order valence-corrected chi connectivity index (χ3v) is 4.23. The summed E-state index contributed by atoms with van der Waals surface area (Å²) >= 11 is 3.39. The van der Waals surface area contributed by atoms with Gasteiger partial charge in [0.15, 0.2) is 0 Å². The Morgan fingerprint density at radius 1 is 1.50 bits per heavy atom. The molecule has 1 aliphatic rings. The van der Waals surface area contributed by atoms with Crippen LogP contribution in [0.15, 0.2) is 24.3 Å². The van der Waals surface area contributed by atoms with E-state index in [1.165, 1.54) is 6.07 Å². The van der Waals surface area contributed by atoms with Crippen LogP contribution in [-0.4, -0.2) is 21.7 Å². The first kappa shape index (κ1) is 13.5. The number of halogens is 2. The molecule has 4 heteroatoms. The molecule has 18 heavy (non-hydrogen) atoms. The number of hydrogen-bond donors (Lipinski definition) is 0. The van der Waals surface area contributed by atoms with Crippen LogP contribution in [0.1, 0.15) is 31.7 Å². The standard InChI is InChI=1S/C14H17BrFNO/c1-2-12(15)14(18)17(11-7-8-11)9-10-5-3-4-6-13(10)16/h3-6,11-12H,2,7-9H2,1H3. The van der Waals surface area contributed by atoms with E-state index in [2.05, 4.69) is 15.9 Å². The van der Waals surface area contributed by atoms with Crippen LogP contribution in [0.25, 0.3) is 0 Å². The molecule has 0 aromatic heterocycles. The Morgan fingerprint density at radius 3 is 2.72 bits per heavy atom. The summed E-state index contributed by atoms with van der Waals surface area (Å²) in [6, 6.07) is 6.95. The fourth-order valence-electron chi connectivity index (χ4n) is 1.94. The van der Waals surface area contributed by atoms with Crippen molar-refractivity contribution in [2.45, 2.75) is 43.6 Å². The van der Waals surface area contributed by atoms with Crippen LogP contribution in [0.3, 0.4) is 0 Å². The summed E-state index contributed by atoms with van der Waals surface area (Å²) in [5, 5.41) is 0. The zero-order valence-electron chi connectivity index (χ0n) is 10.4. The van der Waals surface area contributed by atoms with Crippen LogP contribution in [-0.2, 0) is 11.3 Å². The van der Waals surface area contributed by atoms with Gasteiger partial charge >= 0.3 is 0 Å². The monoisotopic (exact) mass is 313 g/mol. The Hall–Kier alpha value is -0.900. The first-order valence-electron chi connectivity index (χ1n) is 6.31. The molecule has 1 fully saturated rings. The van der Waals surface area contributed by atoms with Crippen molar-refractivity contribution >= 4 is 21.8 Å². The molecule has 0 saturated heterocycles. The van der Waals surface area contributed by atoms with Crippen LogP contribution in [0, 0.1) is 5.82 Å². The SMILES string of the molecule is CCC(Br)C(=O)N(Cc1ccccc1F)C1CC1. The number of rotatable bonds is 5. The van der Waals surface area contributed by atoms with Gasteiger partial charge in [-0.1, -0.05) is 41.1 Å². The summed E-state index contributed by atoms with van der Waals surface area (Å²) < 4.78 is 13.6. The van der Waals surface area contributed by atoms with Crippen molar-refractivity contribution in [2.75, 3.05) is 0 Å². The van der Waals surface area contributed by atoms with Gasteiger partial charge in [-0.2, -0.15) is 0 Å². The molecular weight excluding hydrogens is 297 g/mol. The zero-order chi connectivity index (χ0) is 13.1. The highest BCUT2D eigenvalue weighted by atomic mass is 79.9. The number of carbonyl (C=O) groups excluding carboxylic acids is 1. The lowest BCUT2D eigenvalue weighted by atomic mass is 10.2. The smallest absolute Gasteiger partial charge is 0.236 e. The average molecular weight is 314 g/mol. The van der Waals surface area contributed by atoms with E-state index in [-0.39, 0.29) is 16.6 Å². The van der Waals surface area contributed by atoms with Crippen LogP contribution in [0.5, 0.6) is 0 Å². The molecule has 1 aliphatic carbocycles. The molecule has 98 valence electrons. The third kappa shape index (κ3) is 3.10. The topological polar surface area (TPSA) is 20.3 Å². The quantitative estimate of drug-likeness (QED) is 0.762. The normalized spacial score (nSPS) is 16.4. The Morgan fingerprint density at radius 2 is 2.17 bits per heavy atom. The molecule has 0 heterocycles. The van der Waals surface area contributed by atoms with E-state index in [0.717, 1.165) is 19.3 Å². The van der Waals surface area contributed by atoms with E-state index in [0.29, 0.717) is 18.2 Å². The van der Waals surface area contributed by atoms with E-state index in [1.54, 1.807) is 23.1 Å². The zero-order valence-corrected chi connectivity index (χ0v) is 12.0. The number of nitrogens with zero attached hydrogens (tertiary/aromatic N) is 1. The Bertz CT molecular complexity index is 434. The maximum Gasteiger partial charge on any atom is 0.236 e. The second-order valence-corrected chi connectivity index (χ2v) is 5.77. The number of alkyl halides is 1. The molecule has 1 unspecified atom stereocenters. The van der Waals surface area contributed by atoms with Gasteiger partial charge in [0.2, 0.25) is 5.91 Å². The lowest BCUT2D eigenvalue weighted by Gasteiger charge is -2.25. The van der Waals surface area contributed by atoms with Crippen molar-refractivity contribution in [3.05, 3.63) is 35.6 Å². The van der Waals surface area contributed by atoms with Crippen molar-refractivity contribution in [2.24, 2.45) is 0 Å². The Balaban J connectivity index is 2.12. The molecule has 0 spiro atoms. The van der Waals surface area contributed by atoms with Crippen molar-refractivity contribution in [1.82, 2.24) is 4.90 Å². The minimum absolute atomic E-state index is 0.0725. The summed E-state index contributed by atoms with van der Waals surface area (Å²) in [7, 11) is 0. The minimum Gasteiger partial charge on any atom is -0.334 e. The molecule has 0 bridgehead atoms. The largest absolute Gasteiger partial charge is 0.334 e. The van der Waals surface area contributed by atoms with Gasteiger partial charge in [-0.15, -0.1) is 0 Å². The first-order valence-corrected chi connectivity index (χ1v) is 7.23. The lowest BCUT2D eigenvalue weighted by molar-refractivity contribution is -0.131. The minimum atomic E-state index is -0.237. The fourth-order valence-corrected chi connectivity index (χ4v) is 2.20. The van der Waals surface area contributed by atoms with Crippen molar-refractivity contribution in [1.29, 1.82) is 0 Å². The molecule has 0 radical (unpaired) electrons. The first-order chi connectivity index (χ1) is 8.63. The van der Waals surface area contributed by atoms with Gasteiger partial charge in [0.1, 0.15) is 5.82 Å². The van der Waals surface area contributed by atoms with E-state index in [1.807, 2.05) is 6.92 Å². The van der Waals surface area contributed by atoms with Gasteiger partial charge in [0, 0.05) is 18.2 Å². The predicted octanol–water partition coefficient (Wildman–Crippen LogP) is 3.49. The molecule has 1 atom stereocenters. The highest BCUT2D eigenvalue weighted by Gasteiger charge is 2.34. The van der Waals surface area contributed by atoms with Gasteiger partial charge in [-0.3, -0.25) is 4.79 Å². The molecule has 1 saturated carbocycles. The van der Waals surface area contributed by atoms with Gasteiger partial charge in [0.25, 0.3) is 0 Å². The number of carbonyl (C=O) groups is 1. The Labute approximate surface area is 115 Å². The lowest BCUT2D eigenvalue weighted by Crippen LogP contribution is -2.37. The number of hydrogen-bond acceptors (Lipinski definition) is 1. The van der Waals surface area contributed by atoms with E-state index >= 15 is 0 Å².